The molecule has 0 saturated carbocycles. The zero-order valence-corrected chi connectivity index (χ0v) is 7.61. The molecule has 2 atom stereocenters. The summed E-state index contributed by atoms with van der Waals surface area (Å²) in [6.45, 7) is 0. The molecule has 1 radical (unpaired) electrons. The molecule has 0 aromatic rings. The Morgan fingerprint density at radius 1 is 1.23 bits per heavy atom. The summed E-state index contributed by atoms with van der Waals surface area (Å²) in [5, 5.41) is 0. The number of hydrogen-bond donors (Lipinski definition) is 0. The topological polar surface area (TPSA) is 0 Å². The lowest BCUT2D eigenvalue weighted by Gasteiger charge is -2.35. The maximum Gasteiger partial charge on any atom is 0.0114 e. The van der Waals surface area contributed by atoms with E-state index in [1.807, 2.05) is 0 Å². The molecule has 0 aromatic heterocycles. The van der Waals surface area contributed by atoms with Gasteiger partial charge in [0.2, 0.25) is 0 Å². The van der Waals surface area contributed by atoms with Crippen LogP contribution in [-0.2, 0) is 0 Å². The van der Waals surface area contributed by atoms with Crippen LogP contribution in [0.1, 0.15) is 12.8 Å². The molecule has 3 rings (SSSR count). The van der Waals surface area contributed by atoms with Crippen LogP contribution in [0.3, 0.4) is 0 Å². The molecule has 0 spiro atoms. The second-order valence-corrected chi connectivity index (χ2v) is 4.01. The Balaban J connectivity index is 2.11. The van der Waals surface area contributed by atoms with Crippen molar-refractivity contribution in [3.63, 3.8) is 0 Å². The molecule has 0 aliphatic heterocycles. The Hall–Kier alpha value is -1.04. The van der Waals surface area contributed by atoms with E-state index in [-0.39, 0.29) is 0 Å². The molecule has 0 fully saturated rings. The summed E-state index contributed by atoms with van der Waals surface area (Å²) in [7, 11) is 0. The van der Waals surface area contributed by atoms with Gasteiger partial charge in [0.1, 0.15) is 0 Å². The molecule has 13 heavy (non-hydrogen) atoms. The number of allylic oxidation sites excluding steroid dienone is 8. The monoisotopic (exact) mass is 169 g/mol. The largest absolute Gasteiger partial charge is 0.0805 e. The first-order valence-electron chi connectivity index (χ1n) is 5.02. The fourth-order valence-electron chi connectivity index (χ4n) is 2.64. The van der Waals surface area contributed by atoms with Crippen LogP contribution in [0.2, 0.25) is 0 Å². The summed E-state index contributed by atoms with van der Waals surface area (Å²) in [5.74, 6) is 1.45. The van der Waals surface area contributed by atoms with E-state index in [0.717, 1.165) is 12.3 Å². The highest BCUT2D eigenvalue weighted by atomic mass is 14.3. The van der Waals surface area contributed by atoms with Crippen molar-refractivity contribution >= 4 is 0 Å². The smallest absolute Gasteiger partial charge is 0.0114 e. The minimum atomic E-state index is 0.708. The second-order valence-electron chi connectivity index (χ2n) is 4.01. The fourth-order valence-corrected chi connectivity index (χ4v) is 2.64. The summed E-state index contributed by atoms with van der Waals surface area (Å²) >= 11 is 0. The first-order valence-corrected chi connectivity index (χ1v) is 5.02. The van der Waals surface area contributed by atoms with Crippen LogP contribution in [-0.4, -0.2) is 0 Å². The van der Waals surface area contributed by atoms with Gasteiger partial charge in [-0.15, -0.1) is 0 Å². The standard InChI is InChI=1S/C13H13/c1-4-10-6-2-8-12-9-3-7-11(5-1)13(10)12/h1-5,8-10,13H,6-7H2. The van der Waals surface area contributed by atoms with Gasteiger partial charge in [0.15, 0.2) is 0 Å². The summed E-state index contributed by atoms with van der Waals surface area (Å²) in [6, 6.07) is 0. The minimum Gasteiger partial charge on any atom is -0.0805 e. The van der Waals surface area contributed by atoms with E-state index in [9.17, 15) is 0 Å². The Morgan fingerprint density at radius 3 is 3.23 bits per heavy atom. The molecule has 3 aliphatic rings. The average molecular weight is 169 g/mol. The molecule has 0 bridgehead atoms. The summed E-state index contributed by atoms with van der Waals surface area (Å²) < 4.78 is 0. The quantitative estimate of drug-likeness (QED) is 0.522. The third-order valence-electron chi connectivity index (χ3n) is 3.24. The maximum atomic E-state index is 2.36. The summed E-state index contributed by atoms with van der Waals surface area (Å²) in [5.41, 5.74) is 3.12. The molecule has 0 amide bonds. The van der Waals surface area contributed by atoms with E-state index in [1.54, 1.807) is 5.57 Å². The molecule has 0 heterocycles. The van der Waals surface area contributed by atoms with Crippen molar-refractivity contribution in [3.8, 4) is 0 Å². The predicted molar refractivity (Wildman–Crippen MR) is 55.0 cm³/mol. The van der Waals surface area contributed by atoms with Gasteiger partial charge in [0, 0.05) is 5.92 Å². The average Bonchev–Trinajstić information content (AvgIpc) is 2.19. The lowest BCUT2D eigenvalue weighted by molar-refractivity contribution is 0.481. The molecular formula is C13H13. The van der Waals surface area contributed by atoms with E-state index >= 15 is 0 Å². The van der Waals surface area contributed by atoms with Crippen LogP contribution in [0.4, 0.5) is 0 Å². The SMILES string of the molecule is [CH]1C=C2C=CCC3=CC=CC(C1)C23. The Kier molecular flexibility index (Phi) is 1.55. The van der Waals surface area contributed by atoms with Crippen molar-refractivity contribution in [2.24, 2.45) is 11.8 Å². The van der Waals surface area contributed by atoms with Gasteiger partial charge in [-0.05, 0) is 30.8 Å². The van der Waals surface area contributed by atoms with Gasteiger partial charge >= 0.3 is 0 Å². The first-order chi connectivity index (χ1) is 6.45. The van der Waals surface area contributed by atoms with Crippen molar-refractivity contribution in [2.45, 2.75) is 12.8 Å². The Labute approximate surface area is 79.3 Å². The van der Waals surface area contributed by atoms with Crippen molar-refractivity contribution in [3.05, 3.63) is 54.0 Å². The highest BCUT2D eigenvalue weighted by Gasteiger charge is 2.30. The molecule has 65 valence electrons. The van der Waals surface area contributed by atoms with Crippen molar-refractivity contribution in [1.82, 2.24) is 0 Å². The van der Waals surface area contributed by atoms with Gasteiger partial charge in [-0.25, -0.2) is 0 Å². The third-order valence-corrected chi connectivity index (χ3v) is 3.24. The summed E-state index contributed by atoms with van der Waals surface area (Å²) in [4.78, 5) is 0. The fraction of sp³-hybridized carbons (Fsp3) is 0.308. The first kappa shape index (κ1) is 7.37. The number of hydrogen-bond acceptors (Lipinski definition) is 0. The van der Waals surface area contributed by atoms with Crippen LogP contribution in [0.25, 0.3) is 0 Å². The molecule has 0 nitrogen and oxygen atoms in total. The lowest BCUT2D eigenvalue weighted by Crippen LogP contribution is -2.24. The Bertz CT molecular complexity index is 339. The molecule has 3 aliphatic carbocycles. The maximum absolute atomic E-state index is 2.36. The zero-order chi connectivity index (χ0) is 8.67. The van der Waals surface area contributed by atoms with Gasteiger partial charge < -0.3 is 0 Å². The molecular weight excluding hydrogens is 156 g/mol. The number of rotatable bonds is 0. The van der Waals surface area contributed by atoms with Crippen molar-refractivity contribution in [1.29, 1.82) is 0 Å². The van der Waals surface area contributed by atoms with Crippen LogP contribution in [0.5, 0.6) is 0 Å². The predicted octanol–water partition coefficient (Wildman–Crippen LogP) is 3.21. The van der Waals surface area contributed by atoms with Crippen LogP contribution >= 0.6 is 0 Å². The van der Waals surface area contributed by atoms with E-state index in [1.165, 1.54) is 12.0 Å². The van der Waals surface area contributed by atoms with Crippen molar-refractivity contribution < 1.29 is 0 Å². The van der Waals surface area contributed by atoms with Crippen LogP contribution < -0.4 is 0 Å². The van der Waals surface area contributed by atoms with E-state index < -0.39 is 0 Å². The minimum absolute atomic E-state index is 0.708. The van der Waals surface area contributed by atoms with Gasteiger partial charge in [-0.3, -0.25) is 0 Å². The second kappa shape index (κ2) is 2.73. The van der Waals surface area contributed by atoms with Gasteiger partial charge in [-0.1, -0.05) is 42.0 Å². The lowest BCUT2D eigenvalue weighted by atomic mass is 9.69. The molecule has 0 N–H and O–H groups in total. The van der Waals surface area contributed by atoms with E-state index in [4.69, 9.17) is 0 Å². The molecule has 0 heteroatoms. The molecule has 0 aromatic carbocycles. The van der Waals surface area contributed by atoms with E-state index in [0.29, 0.717) is 5.92 Å². The van der Waals surface area contributed by atoms with Gasteiger partial charge in [0.05, 0.1) is 0 Å². The normalized spacial score (nSPS) is 35.1. The van der Waals surface area contributed by atoms with Crippen molar-refractivity contribution in [2.75, 3.05) is 0 Å². The summed E-state index contributed by atoms with van der Waals surface area (Å²) in [6.07, 6.45) is 18.4. The van der Waals surface area contributed by atoms with Gasteiger partial charge in [-0.2, -0.15) is 0 Å². The molecule has 0 saturated heterocycles. The van der Waals surface area contributed by atoms with Gasteiger partial charge in [0.25, 0.3) is 0 Å². The van der Waals surface area contributed by atoms with Crippen LogP contribution in [0.15, 0.2) is 47.6 Å². The third kappa shape index (κ3) is 1.05. The highest BCUT2D eigenvalue weighted by Crippen LogP contribution is 2.42. The van der Waals surface area contributed by atoms with E-state index in [2.05, 4.69) is 42.9 Å². The van der Waals surface area contributed by atoms with Crippen LogP contribution in [0, 0.1) is 18.3 Å². The molecule has 2 unspecified atom stereocenters. The Morgan fingerprint density at radius 2 is 2.23 bits per heavy atom. The highest BCUT2D eigenvalue weighted by molar-refractivity contribution is 5.44. The zero-order valence-electron chi connectivity index (χ0n) is 7.61.